The zero-order chi connectivity index (χ0) is 16.6. The third-order valence-electron chi connectivity index (χ3n) is 4.32. The number of anilines is 1. The van der Waals surface area contributed by atoms with E-state index in [1.165, 1.54) is 43.4 Å². The Morgan fingerprint density at radius 3 is 2.88 bits per heavy atom. The Labute approximate surface area is 145 Å². The molecule has 1 aliphatic carbocycles. The number of hydrogen-bond donors (Lipinski definition) is 1. The van der Waals surface area contributed by atoms with E-state index in [1.54, 1.807) is 11.0 Å². The third kappa shape index (κ3) is 5.05. The van der Waals surface area contributed by atoms with Crippen molar-refractivity contribution in [1.82, 2.24) is 30.4 Å². The number of nitrogens with zero attached hydrogens (tertiary/aromatic N) is 6. The number of tetrazole rings is 1. The van der Waals surface area contributed by atoms with E-state index < -0.39 is 0 Å². The van der Waals surface area contributed by atoms with Gasteiger partial charge in [-0.3, -0.25) is 4.79 Å². The summed E-state index contributed by atoms with van der Waals surface area (Å²) < 4.78 is 1.70. The molecule has 0 aromatic carbocycles. The predicted octanol–water partition coefficient (Wildman–Crippen LogP) is 2.77. The summed E-state index contributed by atoms with van der Waals surface area (Å²) in [5.74, 6) is 0.553. The van der Waals surface area contributed by atoms with Crippen LogP contribution in [0.3, 0.4) is 0 Å². The third-order valence-corrected chi connectivity index (χ3v) is 5.33. The standard InChI is InChI=1S/C15H23N7OS/c23-13(9-5-2-6-10-22-11-16-20-21-22)17-15-19-18-14(24-15)12-7-3-1-4-8-12/h11-12H,1-10H2,(H,17,19,23). The summed E-state index contributed by atoms with van der Waals surface area (Å²) in [6, 6.07) is 0. The first-order chi connectivity index (χ1) is 11.8. The largest absolute Gasteiger partial charge is 0.301 e. The Hall–Kier alpha value is -1.90. The van der Waals surface area contributed by atoms with Gasteiger partial charge in [-0.25, -0.2) is 4.68 Å². The van der Waals surface area contributed by atoms with Gasteiger partial charge in [0.15, 0.2) is 0 Å². The van der Waals surface area contributed by atoms with Crippen LogP contribution in [0.1, 0.15) is 68.7 Å². The molecule has 24 heavy (non-hydrogen) atoms. The van der Waals surface area contributed by atoms with Gasteiger partial charge in [-0.2, -0.15) is 0 Å². The quantitative estimate of drug-likeness (QED) is 0.736. The topological polar surface area (TPSA) is 98.5 Å². The Balaban J connectivity index is 1.33. The zero-order valence-corrected chi connectivity index (χ0v) is 14.5. The summed E-state index contributed by atoms with van der Waals surface area (Å²) in [6.45, 7) is 0.787. The maximum absolute atomic E-state index is 12.0. The van der Waals surface area contributed by atoms with Crippen LogP contribution in [-0.2, 0) is 11.3 Å². The molecule has 1 fully saturated rings. The van der Waals surface area contributed by atoms with E-state index in [0.29, 0.717) is 17.5 Å². The van der Waals surface area contributed by atoms with E-state index in [4.69, 9.17) is 0 Å². The van der Waals surface area contributed by atoms with Gasteiger partial charge in [-0.05, 0) is 36.1 Å². The van der Waals surface area contributed by atoms with Crippen molar-refractivity contribution in [2.75, 3.05) is 5.32 Å². The van der Waals surface area contributed by atoms with Crippen molar-refractivity contribution < 1.29 is 4.79 Å². The fraction of sp³-hybridized carbons (Fsp3) is 0.733. The SMILES string of the molecule is O=C(CCCCCn1cnnn1)Nc1nnc(C2CCCCC2)s1. The lowest BCUT2D eigenvalue weighted by Gasteiger charge is -2.18. The number of carbonyl (C=O) groups is 1. The van der Waals surface area contributed by atoms with Crippen LogP contribution < -0.4 is 5.32 Å². The van der Waals surface area contributed by atoms with E-state index in [1.807, 2.05) is 0 Å². The highest BCUT2D eigenvalue weighted by Gasteiger charge is 2.20. The van der Waals surface area contributed by atoms with Gasteiger partial charge in [-0.15, -0.1) is 15.3 Å². The molecule has 9 heteroatoms. The number of aromatic nitrogens is 6. The van der Waals surface area contributed by atoms with Crippen molar-refractivity contribution in [3.8, 4) is 0 Å². The normalized spacial score (nSPS) is 15.5. The number of hydrogen-bond acceptors (Lipinski definition) is 7. The van der Waals surface area contributed by atoms with Crippen molar-refractivity contribution in [2.45, 2.75) is 70.3 Å². The molecule has 2 aromatic rings. The number of carbonyl (C=O) groups excluding carboxylic acids is 1. The van der Waals surface area contributed by atoms with Crippen molar-refractivity contribution in [1.29, 1.82) is 0 Å². The smallest absolute Gasteiger partial charge is 0.226 e. The Bertz CT molecular complexity index is 622. The van der Waals surface area contributed by atoms with Crippen LogP contribution in [0.15, 0.2) is 6.33 Å². The number of amides is 1. The number of rotatable bonds is 8. The molecule has 1 N–H and O–H groups in total. The van der Waals surface area contributed by atoms with Gasteiger partial charge in [0.05, 0.1) is 0 Å². The molecule has 0 radical (unpaired) electrons. The average Bonchev–Trinajstić information content (AvgIpc) is 3.27. The highest BCUT2D eigenvalue weighted by Crippen LogP contribution is 2.35. The monoisotopic (exact) mass is 349 g/mol. The molecular weight excluding hydrogens is 326 g/mol. The van der Waals surface area contributed by atoms with Crippen molar-refractivity contribution in [3.63, 3.8) is 0 Å². The number of unbranched alkanes of at least 4 members (excludes halogenated alkanes) is 2. The van der Waals surface area contributed by atoms with Gasteiger partial charge in [0.2, 0.25) is 11.0 Å². The Morgan fingerprint density at radius 1 is 1.21 bits per heavy atom. The van der Waals surface area contributed by atoms with E-state index in [-0.39, 0.29) is 5.91 Å². The molecule has 0 spiro atoms. The molecule has 0 saturated heterocycles. The maximum Gasteiger partial charge on any atom is 0.226 e. The molecule has 2 heterocycles. The molecule has 2 aromatic heterocycles. The van der Waals surface area contributed by atoms with Crippen LogP contribution in [0.4, 0.5) is 5.13 Å². The number of aryl methyl sites for hydroxylation is 1. The van der Waals surface area contributed by atoms with Crippen LogP contribution in [0.25, 0.3) is 0 Å². The molecule has 1 saturated carbocycles. The predicted molar refractivity (Wildman–Crippen MR) is 90.6 cm³/mol. The molecule has 8 nitrogen and oxygen atoms in total. The van der Waals surface area contributed by atoms with E-state index in [0.717, 1.165) is 30.8 Å². The van der Waals surface area contributed by atoms with Gasteiger partial charge >= 0.3 is 0 Å². The van der Waals surface area contributed by atoms with Gasteiger partial charge in [0.25, 0.3) is 0 Å². The second-order valence-electron chi connectivity index (χ2n) is 6.21. The lowest BCUT2D eigenvalue weighted by molar-refractivity contribution is -0.116. The van der Waals surface area contributed by atoms with Gasteiger partial charge in [-0.1, -0.05) is 37.0 Å². The zero-order valence-electron chi connectivity index (χ0n) is 13.7. The van der Waals surface area contributed by atoms with E-state index in [2.05, 4.69) is 31.0 Å². The van der Waals surface area contributed by atoms with Crippen LogP contribution in [-0.4, -0.2) is 36.3 Å². The summed E-state index contributed by atoms with van der Waals surface area (Å²) in [5, 5.41) is 24.0. The van der Waals surface area contributed by atoms with Gasteiger partial charge in [0.1, 0.15) is 11.3 Å². The van der Waals surface area contributed by atoms with Gasteiger partial charge in [0, 0.05) is 18.9 Å². The maximum atomic E-state index is 12.0. The molecule has 130 valence electrons. The van der Waals surface area contributed by atoms with E-state index in [9.17, 15) is 4.79 Å². The summed E-state index contributed by atoms with van der Waals surface area (Å²) in [4.78, 5) is 12.0. The molecule has 0 bridgehead atoms. The van der Waals surface area contributed by atoms with Crippen molar-refractivity contribution in [3.05, 3.63) is 11.3 Å². The first-order valence-electron chi connectivity index (χ1n) is 8.65. The van der Waals surface area contributed by atoms with Crippen LogP contribution in [0.2, 0.25) is 0 Å². The minimum Gasteiger partial charge on any atom is -0.301 e. The molecule has 0 atom stereocenters. The molecule has 1 aliphatic rings. The van der Waals surface area contributed by atoms with Crippen LogP contribution in [0, 0.1) is 0 Å². The summed E-state index contributed by atoms with van der Waals surface area (Å²) in [7, 11) is 0. The second-order valence-corrected chi connectivity index (χ2v) is 7.22. The lowest BCUT2D eigenvalue weighted by Crippen LogP contribution is -2.11. The minimum absolute atomic E-state index is 0.0174. The molecule has 0 aliphatic heterocycles. The van der Waals surface area contributed by atoms with Crippen LogP contribution in [0.5, 0.6) is 0 Å². The molecule has 3 rings (SSSR count). The van der Waals surface area contributed by atoms with Gasteiger partial charge < -0.3 is 5.32 Å². The summed E-state index contributed by atoms with van der Waals surface area (Å²) in [6.07, 6.45) is 11.2. The lowest BCUT2D eigenvalue weighted by atomic mass is 9.90. The highest BCUT2D eigenvalue weighted by molar-refractivity contribution is 7.15. The first-order valence-corrected chi connectivity index (χ1v) is 9.47. The average molecular weight is 349 g/mol. The second kappa shape index (κ2) is 8.81. The molecule has 0 unspecified atom stereocenters. The number of nitrogens with one attached hydrogen (secondary N) is 1. The summed E-state index contributed by atoms with van der Waals surface area (Å²) >= 11 is 1.53. The fourth-order valence-electron chi connectivity index (χ4n) is 3.00. The Kier molecular flexibility index (Phi) is 6.22. The van der Waals surface area contributed by atoms with Crippen LogP contribution >= 0.6 is 11.3 Å². The van der Waals surface area contributed by atoms with Crippen molar-refractivity contribution >= 4 is 22.4 Å². The summed E-state index contributed by atoms with van der Waals surface area (Å²) in [5.41, 5.74) is 0. The molecule has 1 amide bonds. The minimum atomic E-state index is 0.0174. The van der Waals surface area contributed by atoms with Crippen molar-refractivity contribution in [2.24, 2.45) is 0 Å². The first kappa shape index (κ1) is 16.9. The molecular formula is C15H23N7OS. The van der Waals surface area contributed by atoms with E-state index >= 15 is 0 Å². The fourth-order valence-corrected chi connectivity index (χ4v) is 3.93. The highest BCUT2D eigenvalue weighted by atomic mass is 32.1. The Morgan fingerprint density at radius 2 is 2.08 bits per heavy atom.